The third kappa shape index (κ3) is 6.74. The van der Waals surface area contributed by atoms with Gasteiger partial charge in [0, 0.05) is 11.8 Å². The molecule has 0 spiro atoms. The number of pyridine rings is 1. The Morgan fingerprint density at radius 2 is 1.28 bits per heavy atom. The van der Waals surface area contributed by atoms with Crippen molar-refractivity contribution < 1.29 is 4.74 Å². The monoisotopic (exact) mass is 387 g/mol. The molecule has 0 N–H and O–H groups in total. The molecule has 0 amide bonds. The fourth-order valence-electron chi connectivity index (χ4n) is 3.34. The van der Waals surface area contributed by atoms with Crippen LogP contribution in [0.5, 0.6) is 5.75 Å². The van der Waals surface area contributed by atoms with Gasteiger partial charge in [-0.15, -0.1) is 0 Å². The van der Waals surface area contributed by atoms with Crippen molar-refractivity contribution in [2.24, 2.45) is 0 Å². The highest BCUT2D eigenvalue weighted by Crippen LogP contribution is 2.20. The molecule has 0 atom stereocenters. The molecule has 0 unspecified atom stereocenters. The minimum atomic E-state index is 0.804. The Morgan fingerprint density at radius 1 is 0.655 bits per heavy atom. The van der Waals surface area contributed by atoms with Crippen LogP contribution in [0.4, 0.5) is 0 Å². The Bertz CT molecular complexity index is 835. The molecular formula is C27H33NO. The van der Waals surface area contributed by atoms with Crippen molar-refractivity contribution >= 4 is 0 Å². The van der Waals surface area contributed by atoms with Gasteiger partial charge < -0.3 is 4.74 Å². The van der Waals surface area contributed by atoms with Crippen molar-refractivity contribution in [1.29, 1.82) is 0 Å². The first-order valence-electron chi connectivity index (χ1n) is 11.0. The second-order valence-electron chi connectivity index (χ2n) is 7.70. The number of aryl methyl sites for hydroxylation is 3. The predicted octanol–water partition coefficient (Wildman–Crippen LogP) is 7.06. The fourth-order valence-corrected chi connectivity index (χ4v) is 3.34. The van der Waals surface area contributed by atoms with Crippen LogP contribution in [-0.2, 0) is 19.3 Å². The Balaban J connectivity index is 1.51. The standard InChI is InChI=1S/C27H33NO/c1-3-5-7-24-14-19-27(28-21-24)25-15-10-22(11-16-25)8-9-23-12-17-26(18-13-23)29-20-6-4-2/h10-19,21H,3-9,20H2,1-2H3. The van der Waals surface area contributed by atoms with E-state index in [-0.39, 0.29) is 0 Å². The van der Waals surface area contributed by atoms with Gasteiger partial charge >= 0.3 is 0 Å². The number of ether oxygens (including phenoxy) is 1. The summed E-state index contributed by atoms with van der Waals surface area (Å²) >= 11 is 0. The van der Waals surface area contributed by atoms with E-state index in [2.05, 4.69) is 79.5 Å². The topological polar surface area (TPSA) is 22.1 Å². The van der Waals surface area contributed by atoms with Crippen LogP contribution in [0.25, 0.3) is 11.3 Å². The van der Waals surface area contributed by atoms with E-state index in [0.717, 1.165) is 50.2 Å². The first-order chi connectivity index (χ1) is 14.3. The van der Waals surface area contributed by atoms with E-state index in [4.69, 9.17) is 4.74 Å². The van der Waals surface area contributed by atoms with Crippen molar-refractivity contribution in [2.75, 3.05) is 6.61 Å². The number of nitrogens with zero attached hydrogens (tertiary/aromatic N) is 1. The Kier molecular flexibility index (Phi) is 8.30. The summed E-state index contributed by atoms with van der Waals surface area (Å²) in [6.45, 7) is 5.21. The number of hydrogen-bond donors (Lipinski definition) is 0. The van der Waals surface area contributed by atoms with Gasteiger partial charge in [-0.2, -0.15) is 0 Å². The van der Waals surface area contributed by atoms with Crippen LogP contribution in [-0.4, -0.2) is 11.6 Å². The Morgan fingerprint density at radius 3 is 1.86 bits per heavy atom. The summed E-state index contributed by atoms with van der Waals surface area (Å²) in [7, 11) is 0. The van der Waals surface area contributed by atoms with Crippen molar-refractivity contribution in [3.63, 3.8) is 0 Å². The summed E-state index contributed by atoms with van der Waals surface area (Å²) in [4.78, 5) is 4.65. The zero-order valence-electron chi connectivity index (χ0n) is 17.9. The first kappa shape index (κ1) is 21.1. The van der Waals surface area contributed by atoms with Crippen LogP contribution in [0.3, 0.4) is 0 Å². The molecule has 3 rings (SSSR count). The third-order valence-electron chi connectivity index (χ3n) is 5.29. The molecule has 2 heteroatoms. The first-order valence-corrected chi connectivity index (χ1v) is 11.0. The van der Waals surface area contributed by atoms with E-state index in [1.165, 1.54) is 35.1 Å². The summed E-state index contributed by atoms with van der Waals surface area (Å²) in [6, 6.07) is 21.7. The summed E-state index contributed by atoms with van der Waals surface area (Å²) in [5.41, 5.74) is 6.27. The number of unbranched alkanes of at least 4 members (excludes halogenated alkanes) is 2. The van der Waals surface area contributed by atoms with E-state index < -0.39 is 0 Å². The number of hydrogen-bond acceptors (Lipinski definition) is 2. The van der Waals surface area contributed by atoms with Gasteiger partial charge in [-0.25, -0.2) is 0 Å². The average Bonchev–Trinajstić information content (AvgIpc) is 2.78. The minimum Gasteiger partial charge on any atom is -0.494 e. The van der Waals surface area contributed by atoms with E-state index in [1.807, 2.05) is 6.20 Å². The zero-order chi connectivity index (χ0) is 20.3. The maximum Gasteiger partial charge on any atom is 0.119 e. The highest BCUT2D eigenvalue weighted by molar-refractivity contribution is 5.59. The molecule has 29 heavy (non-hydrogen) atoms. The molecule has 0 saturated heterocycles. The lowest BCUT2D eigenvalue weighted by Crippen LogP contribution is -1.97. The average molecular weight is 388 g/mol. The normalized spacial score (nSPS) is 10.8. The Labute approximate surface area is 176 Å². The molecule has 152 valence electrons. The quantitative estimate of drug-likeness (QED) is 0.329. The largest absolute Gasteiger partial charge is 0.494 e. The lowest BCUT2D eigenvalue weighted by Gasteiger charge is -2.08. The molecule has 0 saturated carbocycles. The molecule has 0 aliphatic rings. The van der Waals surface area contributed by atoms with E-state index in [9.17, 15) is 0 Å². The van der Waals surface area contributed by atoms with Crippen molar-refractivity contribution in [3.8, 4) is 17.0 Å². The lowest BCUT2D eigenvalue weighted by atomic mass is 10.0. The van der Waals surface area contributed by atoms with Gasteiger partial charge in [0.05, 0.1) is 12.3 Å². The molecule has 0 radical (unpaired) electrons. The molecule has 0 aliphatic carbocycles. The smallest absolute Gasteiger partial charge is 0.119 e. The van der Waals surface area contributed by atoms with Crippen LogP contribution in [0, 0.1) is 0 Å². The zero-order valence-corrected chi connectivity index (χ0v) is 17.9. The second kappa shape index (κ2) is 11.4. The van der Waals surface area contributed by atoms with E-state index in [1.54, 1.807) is 0 Å². The maximum absolute atomic E-state index is 5.74. The lowest BCUT2D eigenvalue weighted by molar-refractivity contribution is 0.309. The number of benzene rings is 2. The molecule has 0 aliphatic heterocycles. The van der Waals surface area contributed by atoms with Crippen molar-refractivity contribution in [1.82, 2.24) is 4.98 Å². The highest BCUT2D eigenvalue weighted by Gasteiger charge is 2.02. The van der Waals surface area contributed by atoms with Gasteiger partial charge in [-0.05, 0) is 67.0 Å². The summed E-state index contributed by atoms with van der Waals surface area (Å²) < 4.78 is 5.74. The van der Waals surface area contributed by atoms with Gasteiger partial charge in [0.1, 0.15) is 5.75 Å². The van der Waals surface area contributed by atoms with Crippen LogP contribution in [0.2, 0.25) is 0 Å². The van der Waals surface area contributed by atoms with Gasteiger partial charge in [0.2, 0.25) is 0 Å². The van der Waals surface area contributed by atoms with Crippen molar-refractivity contribution in [3.05, 3.63) is 83.6 Å². The number of aromatic nitrogens is 1. The van der Waals surface area contributed by atoms with Gasteiger partial charge in [0.15, 0.2) is 0 Å². The summed E-state index contributed by atoms with van der Waals surface area (Å²) in [5.74, 6) is 0.972. The van der Waals surface area contributed by atoms with Crippen molar-refractivity contribution in [2.45, 2.75) is 58.8 Å². The molecule has 1 heterocycles. The minimum absolute atomic E-state index is 0.804. The summed E-state index contributed by atoms with van der Waals surface area (Å²) in [5, 5.41) is 0. The van der Waals surface area contributed by atoms with Gasteiger partial charge in [-0.1, -0.05) is 69.2 Å². The molecule has 2 nitrogen and oxygen atoms in total. The predicted molar refractivity (Wildman–Crippen MR) is 123 cm³/mol. The molecular weight excluding hydrogens is 354 g/mol. The van der Waals surface area contributed by atoms with Gasteiger partial charge in [0.25, 0.3) is 0 Å². The van der Waals surface area contributed by atoms with Crippen LogP contribution < -0.4 is 4.74 Å². The molecule has 3 aromatic rings. The van der Waals surface area contributed by atoms with Gasteiger partial charge in [-0.3, -0.25) is 4.98 Å². The highest BCUT2D eigenvalue weighted by atomic mass is 16.5. The third-order valence-corrected chi connectivity index (χ3v) is 5.29. The van der Waals surface area contributed by atoms with Crippen LogP contribution in [0.15, 0.2) is 66.9 Å². The fraction of sp³-hybridized carbons (Fsp3) is 0.370. The van der Waals surface area contributed by atoms with Crippen LogP contribution in [0.1, 0.15) is 56.2 Å². The molecule has 0 bridgehead atoms. The summed E-state index contributed by atoms with van der Waals surface area (Å²) in [6.07, 6.45) is 9.94. The Hall–Kier alpha value is -2.61. The van der Waals surface area contributed by atoms with E-state index >= 15 is 0 Å². The number of rotatable bonds is 11. The molecule has 0 fully saturated rings. The van der Waals surface area contributed by atoms with E-state index in [0.29, 0.717) is 0 Å². The van der Waals surface area contributed by atoms with Crippen LogP contribution >= 0.6 is 0 Å². The molecule has 2 aromatic carbocycles. The second-order valence-corrected chi connectivity index (χ2v) is 7.70. The SMILES string of the molecule is CCCCOc1ccc(CCc2ccc(-c3ccc(CCCC)cn3)cc2)cc1. The maximum atomic E-state index is 5.74. The molecule has 1 aromatic heterocycles.